The minimum atomic E-state index is -0.468. The Hall–Kier alpha value is -0.530. The van der Waals surface area contributed by atoms with E-state index in [2.05, 4.69) is 9.89 Å². The number of nitrogens with zero attached hydrogens (tertiary/aromatic N) is 2. The van der Waals surface area contributed by atoms with E-state index >= 15 is 0 Å². The number of ether oxygens (including phenoxy) is 1. The second kappa shape index (κ2) is 8.60. The fourth-order valence-corrected chi connectivity index (χ4v) is 1.92. The summed E-state index contributed by atoms with van der Waals surface area (Å²) in [5, 5.41) is 0. The molecular formula is C13H26IN3O2. The van der Waals surface area contributed by atoms with Crippen LogP contribution in [0.4, 0.5) is 0 Å². The molecule has 1 fully saturated rings. The zero-order valence-electron chi connectivity index (χ0n) is 12.1. The third-order valence-corrected chi connectivity index (χ3v) is 2.72. The molecule has 0 aromatic heterocycles. The molecule has 1 heterocycles. The van der Waals surface area contributed by atoms with Crippen molar-refractivity contribution in [2.24, 2.45) is 10.7 Å². The maximum absolute atomic E-state index is 11.5. The quantitative estimate of drug-likeness (QED) is 0.343. The van der Waals surface area contributed by atoms with Crippen LogP contribution >= 0.6 is 24.0 Å². The Morgan fingerprint density at radius 2 is 1.74 bits per heavy atom. The van der Waals surface area contributed by atoms with Gasteiger partial charge in [-0.2, -0.15) is 0 Å². The van der Waals surface area contributed by atoms with Gasteiger partial charge in [-0.15, -0.1) is 24.0 Å². The lowest BCUT2D eigenvalue weighted by atomic mass is 10.2. The molecule has 0 radical (unpaired) electrons. The maximum atomic E-state index is 11.5. The maximum Gasteiger partial charge on any atom is 0.328 e. The molecule has 1 aliphatic heterocycles. The van der Waals surface area contributed by atoms with Crippen LogP contribution in [-0.2, 0) is 9.53 Å². The number of hydrogen-bond acceptors (Lipinski definition) is 3. The van der Waals surface area contributed by atoms with E-state index in [0.717, 1.165) is 25.9 Å². The number of likely N-dealkylation sites (tertiary alicyclic amines) is 1. The van der Waals surface area contributed by atoms with Crippen LogP contribution in [0.5, 0.6) is 0 Å². The number of aliphatic imine (C=N–C) groups is 1. The zero-order chi connectivity index (χ0) is 13.6. The van der Waals surface area contributed by atoms with Crippen molar-refractivity contribution >= 4 is 35.9 Å². The molecule has 0 saturated carbocycles. The summed E-state index contributed by atoms with van der Waals surface area (Å²) in [6.45, 7) is 7.39. The summed E-state index contributed by atoms with van der Waals surface area (Å²) in [7, 11) is 0. The molecule has 1 saturated heterocycles. The van der Waals surface area contributed by atoms with E-state index in [1.807, 2.05) is 20.8 Å². The summed E-state index contributed by atoms with van der Waals surface area (Å²) in [5.41, 5.74) is 5.43. The van der Waals surface area contributed by atoms with Gasteiger partial charge in [0.15, 0.2) is 5.96 Å². The number of hydrogen-bond donors (Lipinski definition) is 1. The highest BCUT2D eigenvalue weighted by molar-refractivity contribution is 14.0. The van der Waals surface area contributed by atoms with Crippen molar-refractivity contribution in [1.29, 1.82) is 0 Å². The first-order valence-electron chi connectivity index (χ1n) is 6.65. The molecule has 0 aliphatic carbocycles. The van der Waals surface area contributed by atoms with Gasteiger partial charge in [0, 0.05) is 13.1 Å². The van der Waals surface area contributed by atoms with Gasteiger partial charge in [0.05, 0.1) is 0 Å². The SMILES string of the molecule is CC(C)(C)OC(=O)CN=C(N)N1CCCCCC1.I. The van der Waals surface area contributed by atoms with Crippen LogP contribution in [0.2, 0.25) is 0 Å². The van der Waals surface area contributed by atoms with Crippen molar-refractivity contribution in [2.45, 2.75) is 52.1 Å². The van der Waals surface area contributed by atoms with Gasteiger partial charge in [-0.25, -0.2) is 4.99 Å². The number of carbonyl (C=O) groups excluding carboxylic acids is 1. The molecule has 0 spiro atoms. The highest BCUT2D eigenvalue weighted by atomic mass is 127. The molecule has 19 heavy (non-hydrogen) atoms. The molecule has 0 bridgehead atoms. The number of guanidine groups is 1. The molecule has 112 valence electrons. The monoisotopic (exact) mass is 383 g/mol. The third kappa shape index (κ3) is 8.28. The van der Waals surface area contributed by atoms with Crippen LogP contribution in [0.15, 0.2) is 4.99 Å². The highest BCUT2D eigenvalue weighted by Gasteiger charge is 2.16. The lowest BCUT2D eigenvalue weighted by Gasteiger charge is -2.22. The zero-order valence-corrected chi connectivity index (χ0v) is 14.5. The number of esters is 1. The summed E-state index contributed by atoms with van der Waals surface area (Å²) in [5.74, 6) is 0.128. The van der Waals surface area contributed by atoms with Gasteiger partial charge in [-0.1, -0.05) is 12.8 Å². The first-order chi connectivity index (χ1) is 8.38. The van der Waals surface area contributed by atoms with Gasteiger partial charge in [0.2, 0.25) is 0 Å². The lowest BCUT2D eigenvalue weighted by Crippen LogP contribution is -2.38. The van der Waals surface area contributed by atoms with Crippen molar-refractivity contribution < 1.29 is 9.53 Å². The Morgan fingerprint density at radius 3 is 2.21 bits per heavy atom. The van der Waals surface area contributed by atoms with Crippen LogP contribution in [0.3, 0.4) is 0 Å². The first-order valence-corrected chi connectivity index (χ1v) is 6.65. The van der Waals surface area contributed by atoms with Gasteiger partial charge in [0.1, 0.15) is 12.1 Å². The van der Waals surface area contributed by atoms with Crippen molar-refractivity contribution in [2.75, 3.05) is 19.6 Å². The van der Waals surface area contributed by atoms with Crippen LogP contribution in [0.25, 0.3) is 0 Å². The lowest BCUT2D eigenvalue weighted by molar-refractivity contribution is -0.152. The second-order valence-electron chi connectivity index (χ2n) is 5.66. The van der Waals surface area contributed by atoms with E-state index in [0.29, 0.717) is 5.96 Å². The van der Waals surface area contributed by atoms with E-state index in [1.54, 1.807) is 0 Å². The fourth-order valence-electron chi connectivity index (χ4n) is 1.92. The van der Waals surface area contributed by atoms with E-state index < -0.39 is 5.60 Å². The number of halogens is 1. The molecule has 0 amide bonds. The summed E-state index contributed by atoms with van der Waals surface area (Å²) >= 11 is 0. The Bertz CT molecular complexity index is 306. The molecule has 0 unspecified atom stereocenters. The Kier molecular flexibility index (Phi) is 8.36. The smallest absolute Gasteiger partial charge is 0.328 e. The summed E-state index contributed by atoms with van der Waals surface area (Å²) in [6.07, 6.45) is 4.77. The average molecular weight is 383 g/mol. The molecule has 0 aromatic rings. The predicted octanol–water partition coefficient (Wildman–Crippen LogP) is 2.14. The van der Waals surface area contributed by atoms with E-state index in [4.69, 9.17) is 10.5 Å². The summed E-state index contributed by atoms with van der Waals surface area (Å²) < 4.78 is 5.18. The fraction of sp³-hybridized carbons (Fsp3) is 0.846. The average Bonchev–Trinajstić information content (AvgIpc) is 2.52. The molecule has 0 aromatic carbocycles. The Morgan fingerprint density at radius 1 is 1.21 bits per heavy atom. The Labute approximate surface area is 133 Å². The predicted molar refractivity (Wildman–Crippen MR) is 87.8 cm³/mol. The van der Waals surface area contributed by atoms with E-state index in [-0.39, 0.29) is 36.5 Å². The van der Waals surface area contributed by atoms with Gasteiger partial charge in [-0.3, -0.25) is 4.79 Å². The largest absolute Gasteiger partial charge is 0.459 e. The van der Waals surface area contributed by atoms with Crippen molar-refractivity contribution in [3.63, 3.8) is 0 Å². The topological polar surface area (TPSA) is 67.9 Å². The van der Waals surface area contributed by atoms with Crippen molar-refractivity contribution in [1.82, 2.24) is 4.90 Å². The molecule has 1 aliphatic rings. The van der Waals surface area contributed by atoms with Gasteiger partial charge in [-0.05, 0) is 33.6 Å². The third-order valence-electron chi connectivity index (χ3n) is 2.72. The summed E-state index contributed by atoms with van der Waals surface area (Å²) in [6, 6.07) is 0. The van der Waals surface area contributed by atoms with Crippen LogP contribution in [-0.4, -0.2) is 42.1 Å². The molecular weight excluding hydrogens is 357 g/mol. The van der Waals surface area contributed by atoms with Crippen LogP contribution in [0.1, 0.15) is 46.5 Å². The number of rotatable bonds is 2. The highest BCUT2D eigenvalue weighted by Crippen LogP contribution is 2.09. The molecule has 5 nitrogen and oxygen atoms in total. The molecule has 1 rings (SSSR count). The van der Waals surface area contributed by atoms with Crippen molar-refractivity contribution in [3.8, 4) is 0 Å². The minimum absolute atomic E-state index is 0. The Balaban J connectivity index is 0.00000324. The van der Waals surface area contributed by atoms with E-state index in [1.165, 1.54) is 12.8 Å². The van der Waals surface area contributed by atoms with Gasteiger partial charge < -0.3 is 15.4 Å². The first kappa shape index (κ1) is 18.5. The van der Waals surface area contributed by atoms with E-state index in [9.17, 15) is 4.79 Å². The van der Waals surface area contributed by atoms with Crippen molar-refractivity contribution in [3.05, 3.63) is 0 Å². The number of nitrogens with two attached hydrogens (primary N) is 1. The van der Waals surface area contributed by atoms with Crippen LogP contribution in [0, 0.1) is 0 Å². The van der Waals surface area contributed by atoms with Gasteiger partial charge in [0.25, 0.3) is 0 Å². The summed E-state index contributed by atoms with van der Waals surface area (Å²) in [4.78, 5) is 17.7. The number of carbonyl (C=O) groups is 1. The molecule has 2 N–H and O–H groups in total. The van der Waals surface area contributed by atoms with Gasteiger partial charge >= 0.3 is 5.97 Å². The van der Waals surface area contributed by atoms with Crippen LogP contribution < -0.4 is 5.73 Å². The molecule has 0 atom stereocenters. The second-order valence-corrected chi connectivity index (χ2v) is 5.66. The molecule has 6 heteroatoms. The standard InChI is InChI=1S/C13H25N3O2.HI/c1-13(2,3)18-11(17)10-15-12(14)16-8-6-4-5-7-9-16;/h4-10H2,1-3H3,(H2,14,15);1H. The normalized spacial score (nSPS) is 17.4. The minimum Gasteiger partial charge on any atom is -0.459 e.